The van der Waals surface area contributed by atoms with Gasteiger partial charge in [-0.05, 0) is 56.0 Å². The van der Waals surface area contributed by atoms with Gasteiger partial charge in [0.05, 0.1) is 11.7 Å². The van der Waals surface area contributed by atoms with E-state index in [9.17, 15) is 17.6 Å². The number of halogens is 1. The Morgan fingerprint density at radius 1 is 1.18 bits per heavy atom. The van der Waals surface area contributed by atoms with Gasteiger partial charge < -0.3 is 5.32 Å². The third-order valence-corrected chi connectivity index (χ3v) is 6.87. The number of rotatable bonds is 5. The van der Waals surface area contributed by atoms with Gasteiger partial charge in [-0.2, -0.15) is 0 Å². The second kappa shape index (κ2) is 8.41. The van der Waals surface area contributed by atoms with Gasteiger partial charge in [0.15, 0.2) is 0 Å². The van der Waals surface area contributed by atoms with Gasteiger partial charge in [0, 0.05) is 18.8 Å². The van der Waals surface area contributed by atoms with Crippen LogP contribution in [0.3, 0.4) is 0 Å². The Labute approximate surface area is 165 Å². The van der Waals surface area contributed by atoms with E-state index >= 15 is 0 Å². The van der Waals surface area contributed by atoms with E-state index in [1.165, 1.54) is 28.6 Å². The van der Waals surface area contributed by atoms with Crippen LogP contribution in [0.25, 0.3) is 0 Å². The fraction of sp³-hybridized carbons (Fsp3) is 0.381. The van der Waals surface area contributed by atoms with Gasteiger partial charge in [-0.25, -0.2) is 17.1 Å². The van der Waals surface area contributed by atoms with Gasteiger partial charge >= 0.3 is 0 Å². The molecular formula is C21H25FN2O3S. The van der Waals surface area contributed by atoms with Crippen LogP contribution in [0.5, 0.6) is 0 Å². The molecular weight excluding hydrogens is 379 g/mol. The van der Waals surface area contributed by atoms with Crippen molar-refractivity contribution < 1.29 is 17.6 Å². The number of amides is 1. The van der Waals surface area contributed by atoms with E-state index < -0.39 is 21.8 Å². The highest BCUT2D eigenvalue weighted by Gasteiger charge is 2.32. The van der Waals surface area contributed by atoms with Gasteiger partial charge in [-0.1, -0.05) is 29.8 Å². The largest absolute Gasteiger partial charge is 0.326 e. The maximum atomic E-state index is 13.0. The zero-order valence-electron chi connectivity index (χ0n) is 16.1. The molecule has 0 spiro atoms. The molecule has 1 atom stereocenters. The van der Waals surface area contributed by atoms with Crippen LogP contribution in [0.4, 0.5) is 10.1 Å². The van der Waals surface area contributed by atoms with E-state index in [0.717, 1.165) is 16.8 Å². The minimum absolute atomic E-state index is 0.159. The lowest BCUT2D eigenvalue weighted by Gasteiger charge is -2.31. The van der Waals surface area contributed by atoms with Crippen molar-refractivity contribution in [1.82, 2.24) is 4.31 Å². The molecule has 0 bridgehead atoms. The summed E-state index contributed by atoms with van der Waals surface area (Å²) in [5.74, 6) is -1.15. The number of aryl methyl sites for hydroxylation is 2. The van der Waals surface area contributed by atoms with E-state index in [0.29, 0.717) is 24.9 Å². The lowest BCUT2D eigenvalue weighted by atomic mass is 9.98. The lowest BCUT2D eigenvalue weighted by molar-refractivity contribution is -0.120. The Morgan fingerprint density at radius 3 is 2.57 bits per heavy atom. The van der Waals surface area contributed by atoms with Crippen LogP contribution in [-0.4, -0.2) is 31.7 Å². The number of benzene rings is 2. The number of nitrogens with one attached hydrogen (secondary N) is 1. The van der Waals surface area contributed by atoms with Gasteiger partial charge in [0.1, 0.15) is 5.82 Å². The van der Waals surface area contributed by atoms with Crippen molar-refractivity contribution in [2.75, 3.05) is 18.4 Å². The van der Waals surface area contributed by atoms with Crippen LogP contribution in [0, 0.1) is 25.6 Å². The molecule has 0 aromatic heterocycles. The monoisotopic (exact) mass is 404 g/mol. The SMILES string of the molecule is Cc1ccc(NC(=O)[C@H]2CCCN(S(=O)(=O)Cc3ccc(F)cc3)C2)c(C)c1. The molecule has 1 N–H and O–H groups in total. The summed E-state index contributed by atoms with van der Waals surface area (Å²) in [7, 11) is -3.57. The first kappa shape index (κ1) is 20.5. The van der Waals surface area contributed by atoms with Gasteiger partial charge in [0.2, 0.25) is 15.9 Å². The van der Waals surface area contributed by atoms with E-state index in [-0.39, 0.29) is 18.2 Å². The molecule has 0 radical (unpaired) electrons. The molecule has 1 saturated heterocycles. The quantitative estimate of drug-likeness (QED) is 0.828. The van der Waals surface area contributed by atoms with Crippen molar-refractivity contribution in [2.24, 2.45) is 5.92 Å². The second-order valence-corrected chi connectivity index (χ2v) is 9.36. The van der Waals surface area contributed by atoms with Crippen LogP contribution >= 0.6 is 0 Å². The highest BCUT2D eigenvalue weighted by molar-refractivity contribution is 7.88. The van der Waals surface area contributed by atoms with Crippen LogP contribution < -0.4 is 5.32 Å². The number of hydrogen-bond acceptors (Lipinski definition) is 3. The number of carbonyl (C=O) groups excluding carboxylic acids is 1. The molecule has 1 amide bonds. The maximum Gasteiger partial charge on any atom is 0.228 e. The van der Waals surface area contributed by atoms with E-state index in [4.69, 9.17) is 0 Å². The molecule has 150 valence electrons. The molecule has 0 aliphatic carbocycles. The summed E-state index contributed by atoms with van der Waals surface area (Å²) in [4.78, 5) is 12.7. The molecule has 0 unspecified atom stereocenters. The molecule has 1 fully saturated rings. The second-order valence-electron chi connectivity index (χ2n) is 7.39. The minimum Gasteiger partial charge on any atom is -0.326 e. The zero-order chi connectivity index (χ0) is 20.3. The molecule has 5 nitrogen and oxygen atoms in total. The van der Waals surface area contributed by atoms with Crippen molar-refractivity contribution >= 4 is 21.6 Å². The standard InChI is InChI=1S/C21H25FN2O3S/c1-15-5-10-20(16(2)12-15)23-21(25)18-4-3-11-24(13-18)28(26,27)14-17-6-8-19(22)9-7-17/h5-10,12,18H,3-4,11,13-14H2,1-2H3,(H,23,25)/t18-/m0/s1. The predicted molar refractivity (Wildman–Crippen MR) is 108 cm³/mol. The van der Waals surface area contributed by atoms with Crippen molar-refractivity contribution in [2.45, 2.75) is 32.4 Å². The van der Waals surface area contributed by atoms with E-state index in [1.54, 1.807) is 0 Å². The van der Waals surface area contributed by atoms with Gasteiger partial charge in [-0.15, -0.1) is 0 Å². The number of hydrogen-bond donors (Lipinski definition) is 1. The highest BCUT2D eigenvalue weighted by Crippen LogP contribution is 2.24. The summed E-state index contributed by atoms with van der Waals surface area (Å²) < 4.78 is 39.9. The normalized spacial score (nSPS) is 18.0. The topological polar surface area (TPSA) is 66.5 Å². The molecule has 2 aromatic rings. The predicted octanol–water partition coefficient (Wildman–Crippen LogP) is 3.62. The first-order chi connectivity index (χ1) is 13.2. The summed E-state index contributed by atoms with van der Waals surface area (Å²) >= 11 is 0. The van der Waals surface area contributed by atoms with Crippen LogP contribution in [0.15, 0.2) is 42.5 Å². The highest BCUT2D eigenvalue weighted by atomic mass is 32.2. The lowest BCUT2D eigenvalue weighted by Crippen LogP contribution is -2.44. The Bertz CT molecular complexity index is 958. The van der Waals surface area contributed by atoms with E-state index in [1.807, 2.05) is 32.0 Å². The summed E-state index contributed by atoms with van der Waals surface area (Å²) in [5, 5.41) is 2.93. The van der Waals surface area contributed by atoms with Gasteiger partial charge in [0.25, 0.3) is 0 Å². The fourth-order valence-corrected chi connectivity index (χ4v) is 5.09. The number of nitrogens with zero attached hydrogens (tertiary/aromatic N) is 1. The number of anilines is 1. The summed E-state index contributed by atoms with van der Waals surface area (Å²) in [6, 6.07) is 11.2. The van der Waals surface area contributed by atoms with Crippen LogP contribution in [0.1, 0.15) is 29.5 Å². The van der Waals surface area contributed by atoms with Gasteiger partial charge in [-0.3, -0.25) is 4.79 Å². The number of sulfonamides is 1. The third-order valence-electron chi connectivity index (χ3n) is 5.05. The molecule has 2 aromatic carbocycles. The number of carbonyl (C=O) groups is 1. The Hall–Kier alpha value is -2.25. The summed E-state index contributed by atoms with van der Waals surface area (Å²) in [5.41, 5.74) is 3.38. The Balaban J connectivity index is 1.67. The molecule has 28 heavy (non-hydrogen) atoms. The molecule has 3 rings (SSSR count). The maximum absolute atomic E-state index is 13.0. The number of piperidine rings is 1. The molecule has 0 saturated carbocycles. The first-order valence-corrected chi connectivity index (χ1v) is 11.0. The molecule has 1 aliphatic heterocycles. The van der Waals surface area contributed by atoms with Crippen molar-refractivity contribution in [1.29, 1.82) is 0 Å². The van der Waals surface area contributed by atoms with Crippen molar-refractivity contribution in [3.05, 3.63) is 65.0 Å². The molecule has 7 heteroatoms. The van der Waals surface area contributed by atoms with Crippen molar-refractivity contribution in [3.63, 3.8) is 0 Å². The Morgan fingerprint density at radius 2 is 1.89 bits per heavy atom. The Kier molecular flexibility index (Phi) is 6.15. The third kappa shape index (κ3) is 4.97. The first-order valence-electron chi connectivity index (χ1n) is 9.35. The van der Waals surface area contributed by atoms with Crippen LogP contribution in [-0.2, 0) is 20.6 Å². The van der Waals surface area contributed by atoms with E-state index in [2.05, 4.69) is 5.32 Å². The molecule has 1 aliphatic rings. The molecule has 1 heterocycles. The minimum atomic E-state index is -3.57. The van der Waals surface area contributed by atoms with Crippen LogP contribution in [0.2, 0.25) is 0 Å². The smallest absolute Gasteiger partial charge is 0.228 e. The fourth-order valence-electron chi connectivity index (χ4n) is 3.48. The average molecular weight is 405 g/mol. The van der Waals surface area contributed by atoms with Crippen molar-refractivity contribution in [3.8, 4) is 0 Å². The summed E-state index contributed by atoms with van der Waals surface area (Å²) in [6.45, 7) is 4.49. The average Bonchev–Trinajstić information content (AvgIpc) is 2.66. The summed E-state index contributed by atoms with van der Waals surface area (Å²) in [6.07, 6.45) is 1.28. The zero-order valence-corrected chi connectivity index (χ0v) is 16.9.